The standard InChI is InChI=1S/C30H32F2O2/c1-2-3-21-4-6-22(7-5-21)23-16-18-30(19-17-23)33-28(24-8-12-26(31)13-9-24)20-29(34-30)25-10-14-27(32)15-11-25/h4-15,23,28-29H,2-3,16-20H2,1H3. The highest BCUT2D eigenvalue weighted by atomic mass is 19.1. The van der Waals surface area contributed by atoms with Crippen molar-refractivity contribution in [3.8, 4) is 0 Å². The summed E-state index contributed by atoms with van der Waals surface area (Å²) in [6.07, 6.45) is 6.05. The molecule has 2 fully saturated rings. The summed E-state index contributed by atoms with van der Waals surface area (Å²) in [6, 6.07) is 22.2. The van der Waals surface area contributed by atoms with Crippen molar-refractivity contribution in [2.75, 3.05) is 0 Å². The quantitative estimate of drug-likeness (QED) is 0.380. The summed E-state index contributed by atoms with van der Waals surface area (Å²) in [5.41, 5.74) is 4.67. The number of aryl methyl sites for hydroxylation is 1. The summed E-state index contributed by atoms with van der Waals surface area (Å²) < 4.78 is 40.4. The molecular weight excluding hydrogens is 430 g/mol. The molecule has 1 saturated heterocycles. The van der Waals surface area contributed by atoms with Crippen molar-refractivity contribution in [1.29, 1.82) is 0 Å². The molecule has 3 aromatic carbocycles. The van der Waals surface area contributed by atoms with Crippen molar-refractivity contribution in [2.45, 2.75) is 75.8 Å². The SMILES string of the molecule is CCCc1ccc(C2CCC3(CC2)OC(c2ccc(F)cc2)CC(c2ccc(F)cc2)O3)cc1. The molecule has 1 aliphatic heterocycles. The molecule has 2 nitrogen and oxygen atoms in total. The van der Waals surface area contributed by atoms with Crippen LogP contribution in [0.1, 0.15) is 85.8 Å². The highest BCUT2D eigenvalue weighted by Gasteiger charge is 2.46. The highest BCUT2D eigenvalue weighted by molar-refractivity contribution is 5.27. The van der Waals surface area contributed by atoms with Gasteiger partial charge >= 0.3 is 0 Å². The number of ether oxygens (including phenoxy) is 2. The zero-order valence-electron chi connectivity index (χ0n) is 19.7. The zero-order chi connectivity index (χ0) is 23.5. The molecule has 0 aromatic heterocycles. The first-order valence-electron chi connectivity index (χ1n) is 12.5. The Labute approximate surface area is 200 Å². The molecule has 178 valence electrons. The molecule has 0 bridgehead atoms. The molecule has 0 amide bonds. The van der Waals surface area contributed by atoms with E-state index in [-0.39, 0.29) is 23.8 Å². The van der Waals surface area contributed by atoms with E-state index < -0.39 is 5.79 Å². The predicted molar refractivity (Wildman–Crippen MR) is 129 cm³/mol. The third-order valence-corrected chi connectivity index (χ3v) is 7.36. The minimum atomic E-state index is -0.686. The molecule has 1 heterocycles. The van der Waals surface area contributed by atoms with Gasteiger partial charge in [-0.25, -0.2) is 8.78 Å². The molecule has 34 heavy (non-hydrogen) atoms. The van der Waals surface area contributed by atoms with Gasteiger partial charge in [0, 0.05) is 19.3 Å². The molecule has 2 atom stereocenters. The fourth-order valence-electron chi connectivity index (χ4n) is 5.47. The van der Waals surface area contributed by atoms with Crippen LogP contribution in [0.4, 0.5) is 8.78 Å². The third-order valence-electron chi connectivity index (χ3n) is 7.36. The van der Waals surface area contributed by atoms with Crippen molar-refractivity contribution >= 4 is 0 Å². The summed E-state index contributed by atoms with van der Waals surface area (Å²) in [6.45, 7) is 2.21. The van der Waals surface area contributed by atoms with Gasteiger partial charge in [0.05, 0.1) is 12.2 Å². The second-order valence-corrected chi connectivity index (χ2v) is 9.73. The lowest BCUT2D eigenvalue weighted by molar-refractivity contribution is -0.334. The fourth-order valence-corrected chi connectivity index (χ4v) is 5.47. The minimum absolute atomic E-state index is 0.200. The summed E-state index contributed by atoms with van der Waals surface area (Å²) >= 11 is 0. The molecule has 1 saturated carbocycles. The van der Waals surface area contributed by atoms with Gasteiger partial charge in [0.1, 0.15) is 11.6 Å². The lowest BCUT2D eigenvalue weighted by Crippen LogP contribution is -2.45. The first-order chi connectivity index (χ1) is 16.5. The predicted octanol–water partition coefficient (Wildman–Crippen LogP) is 8.19. The van der Waals surface area contributed by atoms with E-state index in [1.807, 2.05) is 0 Å². The lowest BCUT2D eigenvalue weighted by atomic mass is 9.79. The largest absolute Gasteiger partial charge is 0.342 e. The van der Waals surface area contributed by atoms with E-state index in [9.17, 15) is 8.78 Å². The van der Waals surface area contributed by atoms with Gasteiger partial charge in [0.25, 0.3) is 0 Å². The summed E-state index contributed by atoms with van der Waals surface area (Å²) in [4.78, 5) is 0. The average molecular weight is 463 g/mol. The van der Waals surface area contributed by atoms with Crippen molar-refractivity contribution < 1.29 is 18.3 Å². The number of benzene rings is 3. The Kier molecular flexibility index (Phi) is 6.80. The van der Waals surface area contributed by atoms with Gasteiger partial charge in [-0.1, -0.05) is 61.9 Å². The van der Waals surface area contributed by atoms with Gasteiger partial charge in [-0.3, -0.25) is 0 Å². The maximum Gasteiger partial charge on any atom is 0.169 e. The molecule has 0 radical (unpaired) electrons. The van der Waals surface area contributed by atoms with Gasteiger partial charge < -0.3 is 9.47 Å². The van der Waals surface area contributed by atoms with Crippen LogP contribution in [0.15, 0.2) is 72.8 Å². The number of hydrogen-bond donors (Lipinski definition) is 0. The highest BCUT2D eigenvalue weighted by Crippen LogP contribution is 2.50. The molecule has 1 spiro atoms. The Morgan fingerprint density at radius 1 is 0.706 bits per heavy atom. The Balaban J connectivity index is 1.35. The molecular formula is C30H32F2O2. The third kappa shape index (κ3) is 5.08. The first kappa shape index (κ1) is 23.2. The van der Waals surface area contributed by atoms with E-state index in [4.69, 9.17) is 9.47 Å². The van der Waals surface area contributed by atoms with E-state index >= 15 is 0 Å². The summed E-state index contributed by atoms with van der Waals surface area (Å²) in [7, 11) is 0. The monoisotopic (exact) mass is 462 g/mol. The number of hydrogen-bond acceptors (Lipinski definition) is 2. The van der Waals surface area contributed by atoms with Crippen molar-refractivity contribution in [2.24, 2.45) is 0 Å². The van der Waals surface area contributed by atoms with Crippen LogP contribution in [-0.4, -0.2) is 5.79 Å². The van der Waals surface area contributed by atoms with Crippen LogP contribution in [0.3, 0.4) is 0 Å². The number of halogens is 2. The average Bonchev–Trinajstić information content (AvgIpc) is 2.86. The van der Waals surface area contributed by atoms with E-state index in [1.54, 1.807) is 24.3 Å². The molecule has 2 unspecified atom stereocenters. The van der Waals surface area contributed by atoms with Crippen molar-refractivity contribution in [1.82, 2.24) is 0 Å². The normalized spacial score (nSPS) is 27.1. The maximum atomic E-state index is 13.6. The molecule has 3 aromatic rings. The van der Waals surface area contributed by atoms with E-state index in [1.165, 1.54) is 35.4 Å². The second kappa shape index (κ2) is 9.97. The molecule has 1 aliphatic carbocycles. The lowest BCUT2D eigenvalue weighted by Gasteiger charge is -2.48. The number of rotatable bonds is 5. The molecule has 5 rings (SSSR count). The topological polar surface area (TPSA) is 18.5 Å². The Morgan fingerprint density at radius 3 is 1.65 bits per heavy atom. The van der Waals surface area contributed by atoms with Gasteiger partial charge in [-0.15, -0.1) is 0 Å². The Hall–Kier alpha value is -2.56. The fraction of sp³-hybridized carbons (Fsp3) is 0.400. The Bertz CT molecular complexity index is 1010. The minimum Gasteiger partial charge on any atom is -0.342 e. The van der Waals surface area contributed by atoms with Crippen molar-refractivity contribution in [3.05, 3.63) is 107 Å². The Morgan fingerprint density at radius 2 is 1.18 bits per heavy atom. The van der Waals surface area contributed by atoms with Gasteiger partial charge in [-0.05, 0) is 71.7 Å². The van der Waals surface area contributed by atoms with Crippen LogP contribution in [0.25, 0.3) is 0 Å². The van der Waals surface area contributed by atoms with E-state index in [2.05, 4.69) is 31.2 Å². The van der Waals surface area contributed by atoms with Crippen molar-refractivity contribution in [3.63, 3.8) is 0 Å². The van der Waals surface area contributed by atoms with Gasteiger partial charge in [-0.2, -0.15) is 0 Å². The van der Waals surface area contributed by atoms with Gasteiger partial charge in [0.2, 0.25) is 0 Å². The van der Waals surface area contributed by atoms with Crippen LogP contribution in [0.5, 0.6) is 0 Å². The van der Waals surface area contributed by atoms with E-state index in [0.717, 1.165) is 49.7 Å². The molecule has 0 N–H and O–H groups in total. The van der Waals surface area contributed by atoms with Gasteiger partial charge in [0.15, 0.2) is 5.79 Å². The second-order valence-electron chi connectivity index (χ2n) is 9.73. The zero-order valence-corrected chi connectivity index (χ0v) is 19.7. The molecule has 2 aliphatic rings. The van der Waals surface area contributed by atoms with Crippen LogP contribution in [0.2, 0.25) is 0 Å². The first-order valence-corrected chi connectivity index (χ1v) is 12.5. The van der Waals surface area contributed by atoms with Crippen LogP contribution in [-0.2, 0) is 15.9 Å². The maximum absolute atomic E-state index is 13.6. The smallest absolute Gasteiger partial charge is 0.169 e. The van der Waals surface area contributed by atoms with Crippen LogP contribution < -0.4 is 0 Å². The van der Waals surface area contributed by atoms with E-state index in [0.29, 0.717) is 12.3 Å². The van der Waals surface area contributed by atoms with Crippen LogP contribution >= 0.6 is 0 Å². The van der Waals surface area contributed by atoms with Crippen LogP contribution in [0, 0.1) is 11.6 Å². The molecule has 4 heteroatoms. The summed E-state index contributed by atoms with van der Waals surface area (Å²) in [5, 5.41) is 0. The summed E-state index contributed by atoms with van der Waals surface area (Å²) in [5.74, 6) is -0.712.